The molecule has 1 saturated heterocycles. The molecule has 1 amide bonds. The van der Waals surface area contributed by atoms with Gasteiger partial charge < -0.3 is 15.0 Å². The van der Waals surface area contributed by atoms with Crippen LogP contribution >= 0.6 is 11.6 Å². The molecule has 0 spiro atoms. The predicted molar refractivity (Wildman–Crippen MR) is 84.0 cm³/mol. The minimum atomic E-state index is -0.0307. The topological polar surface area (TPSA) is 54.5 Å². The minimum Gasteiger partial charge on any atom is -0.377 e. The van der Waals surface area contributed by atoms with Crippen LogP contribution in [-0.4, -0.2) is 48.1 Å². The van der Waals surface area contributed by atoms with Crippen LogP contribution in [0, 0.1) is 0 Å². The van der Waals surface area contributed by atoms with E-state index in [2.05, 4.69) is 10.3 Å². The number of halogens is 1. The Morgan fingerprint density at radius 3 is 3.05 bits per heavy atom. The highest BCUT2D eigenvalue weighted by Crippen LogP contribution is 2.22. The van der Waals surface area contributed by atoms with Crippen LogP contribution in [0.2, 0.25) is 5.02 Å². The third kappa shape index (κ3) is 4.08. The maximum absolute atomic E-state index is 12.5. The second-order valence-corrected chi connectivity index (χ2v) is 5.46. The number of amides is 1. The molecule has 1 atom stereocenters. The number of hydrogen-bond donors (Lipinski definition) is 1. The van der Waals surface area contributed by atoms with Gasteiger partial charge in [-0.05, 0) is 32.8 Å². The van der Waals surface area contributed by atoms with Crippen molar-refractivity contribution in [3.63, 3.8) is 0 Å². The van der Waals surface area contributed by atoms with Gasteiger partial charge in [0.2, 0.25) is 0 Å². The lowest BCUT2D eigenvalue weighted by atomic mass is 10.1. The van der Waals surface area contributed by atoms with E-state index < -0.39 is 0 Å². The molecule has 1 aliphatic rings. The predicted octanol–water partition coefficient (Wildman–Crippen LogP) is 2.81. The van der Waals surface area contributed by atoms with Crippen LogP contribution in [0.15, 0.2) is 12.3 Å². The SMILES string of the molecule is CCNc1ncc(C(=O)N2CCCC(OCC)C2)cc1Cl. The Labute approximate surface area is 130 Å². The summed E-state index contributed by atoms with van der Waals surface area (Å²) in [4.78, 5) is 18.6. The van der Waals surface area contributed by atoms with E-state index in [4.69, 9.17) is 16.3 Å². The Kier molecular flexibility index (Phi) is 5.82. The highest BCUT2D eigenvalue weighted by atomic mass is 35.5. The van der Waals surface area contributed by atoms with Gasteiger partial charge in [0, 0.05) is 32.4 Å². The molecule has 1 aromatic rings. The van der Waals surface area contributed by atoms with Crippen molar-refractivity contribution in [2.24, 2.45) is 0 Å². The zero-order chi connectivity index (χ0) is 15.2. The van der Waals surface area contributed by atoms with E-state index >= 15 is 0 Å². The van der Waals surface area contributed by atoms with Gasteiger partial charge in [0.15, 0.2) is 0 Å². The molecule has 1 aliphatic heterocycles. The number of ether oxygens (including phenoxy) is 1. The van der Waals surface area contributed by atoms with Crippen LogP contribution in [0.1, 0.15) is 37.0 Å². The number of nitrogens with one attached hydrogen (secondary N) is 1. The molecule has 1 N–H and O–H groups in total. The van der Waals surface area contributed by atoms with Crippen LogP contribution in [0.5, 0.6) is 0 Å². The molecule has 2 heterocycles. The lowest BCUT2D eigenvalue weighted by molar-refractivity contribution is 0.00723. The molecule has 5 nitrogen and oxygen atoms in total. The Hall–Kier alpha value is -1.33. The molecule has 0 radical (unpaired) electrons. The number of anilines is 1. The summed E-state index contributed by atoms with van der Waals surface area (Å²) in [5.41, 5.74) is 0.527. The average Bonchev–Trinajstić information content (AvgIpc) is 2.49. The monoisotopic (exact) mass is 311 g/mol. The number of piperidine rings is 1. The molecule has 1 fully saturated rings. The number of pyridine rings is 1. The molecular weight excluding hydrogens is 290 g/mol. The minimum absolute atomic E-state index is 0.0307. The fraction of sp³-hybridized carbons (Fsp3) is 0.600. The summed E-state index contributed by atoms with van der Waals surface area (Å²) >= 11 is 6.15. The summed E-state index contributed by atoms with van der Waals surface area (Å²) in [5, 5.41) is 3.53. The van der Waals surface area contributed by atoms with Crippen molar-refractivity contribution >= 4 is 23.3 Å². The van der Waals surface area contributed by atoms with Gasteiger partial charge in [-0.15, -0.1) is 0 Å². The van der Waals surface area contributed by atoms with E-state index in [1.165, 1.54) is 0 Å². The maximum Gasteiger partial charge on any atom is 0.255 e. The van der Waals surface area contributed by atoms with Crippen molar-refractivity contribution in [3.05, 3.63) is 22.8 Å². The summed E-state index contributed by atoms with van der Waals surface area (Å²) < 4.78 is 5.63. The molecule has 1 aromatic heterocycles. The number of hydrogen-bond acceptors (Lipinski definition) is 4. The summed E-state index contributed by atoms with van der Waals surface area (Å²) in [6.45, 7) is 6.76. The quantitative estimate of drug-likeness (QED) is 0.908. The molecule has 0 bridgehead atoms. The second kappa shape index (κ2) is 7.61. The van der Waals surface area contributed by atoms with E-state index in [0.717, 1.165) is 25.9 Å². The highest BCUT2D eigenvalue weighted by molar-refractivity contribution is 6.33. The van der Waals surface area contributed by atoms with Gasteiger partial charge in [-0.1, -0.05) is 11.6 Å². The lowest BCUT2D eigenvalue weighted by Gasteiger charge is -2.32. The molecule has 0 saturated carbocycles. The molecule has 6 heteroatoms. The first kappa shape index (κ1) is 16.0. The first-order valence-corrected chi connectivity index (χ1v) is 7.83. The van der Waals surface area contributed by atoms with Crippen molar-refractivity contribution < 1.29 is 9.53 Å². The second-order valence-electron chi connectivity index (χ2n) is 5.06. The summed E-state index contributed by atoms with van der Waals surface area (Å²) in [6, 6.07) is 1.68. The maximum atomic E-state index is 12.5. The summed E-state index contributed by atoms with van der Waals surface area (Å²) in [6.07, 6.45) is 3.69. The Balaban J connectivity index is 2.07. The average molecular weight is 312 g/mol. The number of aromatic nitrogens is 1. The number of nitrogens with zero attached hydrogens (tertiary/aromatic N) is 2. The molecular formula is C15H22ClN3O2. The lowest BCUT2D eigenvalue weighted by Crippen LogP contribution is -2.43. The highest BCUT2D eigenvalue weighted by Gasteiger charge is 2.25. The van der Waals surface area contributed by atoms with E-state index in [1.54, 1.807) is 12.3 Å². The first-order chi connectivity index (χ1) is 10.2. The van der Waals surface area contributed by atoms with Crippen LogP contribution in [-0.2, 0) is 4.74 Å². The zero-order valence-electron chi connectivity index (χ0n) is 12.6. The molecule has 2 rings (SSSR count). The van der Waals surface area contributed by atoms with E-state index in [0.29, 0.717) is 29.6 Å². The Bertz CT molecular complexity index is 494. The molecule has 21 heavy (non-hydrogen) atoms. The Morgan fingerprint density at radius 1 is 1.57 bits per heavy atom. The summed E-state index contributed by atoms with van der Waals surface area (Å²) in [7, 11) is 0. The van der Waals surface area contributed by atoms with Crippen LogP contribution < -0.4 is 5.32 Å². The third-order valence-corrected chi connectivity index (χ3v) is 3.79. The van der Waals surface area contributed by atoms with Gasteiger partial charge in [-0.25, -0.2) is 4.98 Å². The smallest absolute Gasteiger partial charge is 0.255 e. The fourth-order valence-electron chi connectivity index (χ4n) is 2.53. The molecule has 0 aliphatic carbocycles. The third-order valence-electron chi connectivity index (χ3n) is 3.50. The van der Waals surface area contributed by atoms with Crippen molar-refractivity contribution in [3.8, 4) is 0 Å². The number of rotatable bonds is 5. The van der Waals surface area contributed by atoms with Crippen molar-refractivity contribution in [2.75, 3.05) is 31.6 Å². The normalized spacial score (nSPS) is 18.6. The molecule has 1 unspecified atom stereocenters. The largest absolute Gasteiger partial charge is 0.377 e. The van der Waals surface area contributed by atoms with Gasteiger partial charge in [-0.2, -0.15) is 0 Å². The number of carbonyl (C=O) groups excluding carboxylic acids is 1. The molecule has 116 valence electrons. The van der Waals surface area contributed by atoms with Crippen molar-refractivity contribution in [1.29, 1.82) is 0 Å². The van der Waals surface area contributed by atoms with Gasteiger partial charge in [0.25, 0.3) is 5.91 Å². The molecule has 0 aromatic carbocycles. The van der Waals surface area contributed by atoms with Crippen molar-refractivity contribution in [1.82, 2.24) is 9.88 Å². The number of carbonyl (C=O) groups is 1. The fourth-order valence-corrected chi connectivity index (χ4v) is 2.76. The van der Waals surface area contributed by atoms with Gasteiger partial charge in [0.05, 0.1) is 16.7 Å². The Morgan fingerprint density at radius 2 is 2.38 bits per heavy atom. The van der Waals surface area contributed by atoms with Crippen LogP contribution in [0.3, 0.4) is 0 Å². The van der Waals surface area contributed by atoms with Crippen molar-refractivity contribution in [2.45, 2.75) is 32.8 Å². The van der Waals surface area contributed by atoms with E-state index in [9.17, 15) is 4.79 Å². The van der Waals surface area contributed by atoms with E-state index in [-0.39, 0.29) is 12.0 Å². The zero-order valence-corrected chi connectivity index (χ0v) is 13.3. The first-order valence-electron chi connectivity index (χ1n) is 7.46. The van der Waals surface area contributed by atoms with Gasteiger partial charge in [0.1, 0.15) is 5.82 Å². The van der Waals surface area contributed by atoms with Gasteiger partial charge in [-0.3, -0.25) is 4.79 Å². The van der Waals surface area contributed by atoms with Crippen LogP contribution in [0.25, 0.3) is 0 Å². The summed E-state index contributed by atoms with van der Waals surface area (Å²) in [5.74, 6) is 0.582. The number of likely N-dealkylation sites (tertiary alicyclic amines) is 1. The van der Waals surface area contributed by atoms with Gasteiger partial charge >= 0.3 is 0 Å². The standard InChI is InChI=1S/C15H22ClN3O2/c1-3-17-14-13(16)8-11(9-18-14)15(20)19-7-5-6-12(10-19)21-4-2/h8-9,12H,3-7,10H2,1-2H3,(H,17,18). The van der Waals surface area contributed by atoms with Crippen LogP contribution in [0.4, 0.5) is 5.82 Å². The van der Waals surface area contributed by atoms with E-state index in [1.807, 2.05) is 18.7 Å².